The number of urea groups is 1. The van der Waals surface area contributed by atoms with Crippen molar-refractivity contribution in [2.45, 2.75) is 45.6 Å². The number of carbonyl (C=O) groups is 2. The highest BCUT2D eigenvalue weighted by Crippen LogP contribution is 2.20. The van der Waals surface area contributed by atoms with Crippen LogP contribution in [0, 0.1) is 5.92 Å². The van der Waals surface area contributed by atoms with Crippen molar-refractivity contribution in [1.82, 2.24) is 15.5 Å². The molecule has 1 heterocycles. The smallest absolute Gasteiger partial charge is 0.426 e. The van der Waals surface area contributed by atoms with Gasteiger partial charge in [0.25, 0.3) is 0 Å². The van der Waals surface area contributed by atoms with E-state index in [0.29, 0.717) is 19.5 Å². The van der Waals surface area contributed by atoms with Gasteiger partial charge in [0, 0.05) is 13.1 Å². The first-order valence-corrected chi connectivity index (χ1v) is 7.09. The Morgan fingerprint density at radius 3 is 2.55 bits per heavy atom. The number of amides is 3. The molecule has 1 rings (SSSR count). The van der Waals surface area contributed by atoms with Crippen LogP contribution in [0.25, 0.3) is 0 Å². The third-order valence-corrected chi connectivity index (χ3v) is 3.48. The molecule has 1 fully saturated rings. The van der Waals surface area contributed by atoms with Gasteiger partial charge in [0.1, 0.15) is 6.04 Å². The highest BCUT2D eigenvalue weighted by molar-refractivity contribution is 6.43. The number of hydrogen-bond acceptors (Lipinski definition) is 4. The second-order valence-electron chi connectivity index (χ2n) is 5.38. The van der Waals surface area contributed by atoms with Gasteiger partial charge in [0.05, 0.1) is 5.94 Å². The Labute approximate surface area is 119 Å². The van der Waals surface area contributed by atoms with Crippen molar-refractivity contribution in [2.24, 2.45) is 5.92 Å². The van der Waals surface area contributed by atoms with Crippen LogP contribution in [0.1, 0.15) is 33.6 Å². The van der Waals surface area contributed by atoms with E-state index in [9.17, 15) is 19.6 Å². The fraction of sp³-hybridized carbons (Fsp3) is 0.833. The lowest BCUT2D eigenvalue weighted by molar-refractivity contribution is -0.134. The zero-order valence-corrected chi connectivity index (χ0v) is 12.3. The molecule has 1 aliphatic heterocycles. The molecule has 3 amide bonds. The third-order valence-electron chi connectivity index (χ3n) is 3.48. The highest BCUT2D eigenvalue weighted by Gasteiger charge is 2.40. The number of rotatable bonds is 5. The van der Waals surface area contributed by atoms with Gasteiger partial charge in [-0.1, -0.05) is 13.8 Å². The number of carbonyl (C=O) groups excluding carboxylic acids is 2. The van der Waals surface area contributed by atoms with Crippen LogP contribution in [0.4, 0.5) is 4.79 Å². The second-order valence-corrected chi connectivity index (χ2v) is 5.38. The van der Waals surface area contributed by atoms with E-state index in [2.05, 4.69) is 10.6 Å². The van der Waals surface area contributed by atoms with E-state index in [4.69, 9.17) is 0 Å². The molecule has 0 unspecified atom stereocenters. The molecule has 2 atom stereocenters. The summed E-state index contributed by atoms with van der Waals surface area (Å²) in [5, 5.41) is 23.9. The summed E-state index contributed by atoms with van der Waals surface area (Å²) in [7, 11) is -1.54. The van der Waals surface area contributed by atoms with Crippen molar-refractivity contribution in [3.8, 4) is 0 Å². The summed E-state index contributed by atoms with van der Waals surface area (Å²) in [5.74, 6) is -0.927. The number of nitrogens with one attached hydrogen (secondary N) is 2. The van der Waals surface area contributed by atoms with Crippen LogP contribution in [0.3, 0.4) is 0 Å². The summed E-state index contributed by atoms with van der Waals surface area (Å²) >= 11 is 0. The Balaban J connectivity index is 2.75. The Kier molecular flexibility index (Phi) is 6.29. The molecule has 8 heteroatoms. The molecule has 0 bridgehead atoms. The molecule has 114 valence electrons. The maximum Gasteiger partial charge on any atom is 0.475 e. The van der Waals surface area contributed by atoms with Gasteiger partial charge in [-0.3, -0.25) is 4.79 Å². The maximum atomic E-state index is 12.5. The third kappa shape index (κ3) is 4.11. The van der Waals surface area contributed by atoms with Crippen LogP contribution in [-0.2, 0) is 4.79 Å². The van der Waals surface area contributed by atoms with Crippen LogP contribution in [0.2, 0.25) is 0 Å². The molecule has 0 radical (unpaired) electrons. The molecule has 4 N–H and O–H groups in total. The van der Waals surface area contributed by atoms with Crippen molar-refractivity contribution in [2.75, 3.05) is 13.1 Å². The monoisotopic (exact) mass is 285 g/mol. The predicted octanol–water partition coefficient (Wildman–Crippen LogP) is -0.667. The van der Waals surface area contributed by atoms with Crippen molar-refractivity contribution < 1.29 is 19.6 Å². The van der Waals surface area contributed by atoms with Crippen LogP contribution >= 0.6 is 0 Å². The predicted molar refractivity (Wildman–Crippen MR) is 75.8 cm³/mol. The molecule has 0 saturated carbocycles. The summed E-state index contributed by atoms with van der Waals surface area (Å²) in [6.07, 6.45) is 1.30. The minimum absolute atomic E-state index is 0.0813. The first-order chi connectivity index (χ1) is 9.38. The van der Waals surface area contributed by atoms with E-state index < -0.39 is 19.1 Å². The minimum Gasteiger partial charge on any atom is -0.426 e. The summed E-state index contributed by atoms with van der Waals surface area (Å²) < 4.78 is 0. The summed E-state index contributed by atoms with van der Waals surface area (Å²) in [5.41, 5.74) is 0. The van der Waals surface area contributed by atoms with E-state index in [1.54, 1.807) is 6.92 Å². The molecule has 0 aliphatic carbocycles. The van der Waals surface area contributed by atoms with E-state index in [1.165, 1.54) is 4.90 Å². The van der Waals surface area contributed by atoms with Gasteiger partial charge in [-0.2, -0.15) is 0 Å². The maximum absolute atomic E-state index is 12.5. The fourth-order valence-corrected chi connectivity index (χ4v) is 2.42. The standard InChI is InChI=1S/C12H24BN3O4/c1-4-14-12(18)15-10(8(2)3)11(17)16-7-5-6-9(16)13(19)20/h8-10,19-20H,4-7H2,1-3H3,(H2,14,15,18)/t9-,10-/m0/s1. The van der Waals surface area contributed by atoms with Gasteiger partial charge in [-0.05, 0) is 25.7 Å². The molecule has 0 spiro atoms. The van der Waals surface area contributed by atoms with Gasteiger partial charge in [0.15, 0.2) is 0 Å². The molecule has 0 aromatic heterocycles. The van der Waals surface area contributed by atoms with E-state index in [-0.39, 0.29) is 17.9 Å². The Hall–Kier alpha value is -1.28. The van der Waals surface area contributed by atoms with Crippen molar-refractivity contribution in [1.29, 1.82) is 0 Å². The topological polar surface area (TPSA) is 102 Å². The average molecular weight is 285 g/mol. The molecule has 1 saturated heterocycles. The summed E-state index contributed by atoms with van der Waals surface area (Å²) in [4.78, 5) is 25.6. The minimum atomic E-state index is -1.54. The Morgan fingerprint density at radius 1 is 1.40 bits per heavy atom. The molecule has 0 aromatic rings. The SMILES string of the molecule is CCNC(=O)N[C@H](C(=O)N1CCC[C@H]1B(O)O)C(C)C. The number of hydrogen-bond donors (Lipinski definition) is 4. The molecular weight excluding hydrogens is 261 g/mol. The zero-order valence-electron chi connectivity index (χ0n) is 12.3. The Bertz CT molecular complexity index is 352. The molecular formula is C12H24BN3O4. The van der Waals surface area contributed by atoms with Crippen LogP contribution in [0.5, 0.6) is 0 Å². The zero-order chi connectivity index (χ0) is 15.3. The van der Waals surface area contributed by atoms with Crippen LogP contribution in [-0.4, -0.2) is 59.1 Å². The lowest BCUT2D eigenvalue weighted by Crippen LogP contribution is -2.56. The largest absolute Gasteiger partial charge is 0.475 e. The number of likely N-dealkylation sites (tertiary alicyclic amines) is 1. The molecule has 1 aliphatic rings. The second kappa shape index (κ2) is 7.49. The lowest BCUT2D eigenvalue weighted by Gasteiger charge is -2.30. The summed E-state index contributed by atoms with van der Waals surface area (Å²) in [6, 6.07) is -1.05. The van der Waals surface area contributed by atoms with Crippen LogP contribution < -0.4 is 10.6 Å². The van der Waals surface area contributed by atoms with Crippen molar-refractivity contribution in [3.05, 3.63) is 0 Å². The average Bonchev–Trinajstić information content (AvgIpc) is 2.84. The van der Waals surface area contributed by atoms with Gasteiger partial charge >= 0.3 is 13.1 Å². The normalized spacial score (nSPS) is 19.9. The molecule has 7 nitrogen and oxygen atoms in total. The molecule has 20 heavy (non-hydrogen) atoms. The van der Waals surface area contributed by atoms with Crippen molar-refractivity contribution in [3.63, 3.8) is 0 Å². The van der Waals surface area contributed by atoms with Gasteiger partial charge in [-0.15, -0.1) is 0 Å². The van der Waals surface area contributed by atoms with E-state index >= 15 is 0 Å². The van der Waals surface area contributed by atoms with Crippen LogP contribution in [0.15, 0.2) is 0 Å². The highest BCUT2D eigenvalue weighted by atomic mass is 16.4. The quantitative estimate of drug-likeness (QED) is 0.503. The van der Waals surface area contributed by atoms with E-state index in [0.717, 1.165) is 6.42 Å². The fourth-order valence-electron chi connectivity index (χ4n) is 2.42. The first-order valence-electron chi connectivity index (χ1n) is 7.09. The lowest BCUT2D eigenvalue weighted by atomic mass is 9.77. The van der Waals surface area contributed by atoms with Crippen molar-refractivity contribution >= 4 is 19.1 Å². The summed E-state index contributed by atoms with van der Waals surface area (Å²) in [6.45, 7) is 6.45. The first kappa shape index (κ1) is 16.8. The van der Waals surface area contributed by atoms with Gasteiger partial charge in [-0.25, -0.2) is 4.79 Å². The van der Waals surface area contributed by atoms with Gasteiger partial charge in [0.2, 0.25) is 5.91 Å². The van der Waals surface area contributed by atoms with E-state index in [1.807, 2.05) is 13.8 Å². The number of nitrogens with zero attached hydrogens (tertiary/aromatic N) is 1. The molecule has 0 aromatic carbocycles. The Morgan fingerprint density at radius 2 is 2.05 bits per heavy atom. The van der Waals surface area contributed by atoms with Gasteiger partial charge < -0.3 is 25.6 Å².